The Morgan fingerprint density at radius 3 is 1.70 bits per heavy atom. The smallest absolute Gasteiger partial charge is 0.233 e. The lowest BCUT2D eigenvalue weighted by Crippen LogP contribution is -2.57. The van der Waals surface area contributed by atoms with Gasteiger partial charge < -0.3 is 16.0 Å². The number of hydrogen-bond acceptors (Lipinski definition) is 2. The molecule has 172 valence electrons. The van der Waals surface area contributed by atoms with Gasteiger partial charge in [0, 0.05) is 0 Å². The Bertz CT molecular complexity index is 1050. The zero-order valence-corrected chi connectivity index (χ0v) is 21.5. The summed E-state index contributed by atoms with van der Waals surface area (Å²) in [6.07, 6.45) is -1.16. The monoisotopic (exact) mass is 559 g/mol. The molecule has 0 heterocycles. The van der Waals surface area contributed by atoms with Crippen molar-refractivity contribution in [2.75, 3.05) is 5.32 Å². The first-order valence-electron chi connectivity index (χ1n) is 9.65. The third-order valence-corrected chi connectivity index (χ3v) is 6.12. The van der Waals surface area contributed by atoms with Crippen LogP contribution >= 0.6 is 70.2 Å². The van der Waals surface area contributed by atoms with Gasteiger partial charge in [0.2, 0.25) is 9.70 Å². The summed E-state index contributed by atoms with van der Waals surface area (Å²) in [5, 5.41) is 9.23. The molecular weight excluding hydrogens is 544 g/mol. The molecule has 0 radical (unpaired) electrons. The van der Waals surface area contributed by atoms with E-state index in [2.05, 4.69) is 16.0 Å². The van der Waals surface area contributed by atoms with E-state index in [4.69, 9.17) is 70.2 Å². The molecule has 4 nitrogen and oxygen atoms in total. The molecule has 3 aromatic carbocycles. The number of carbonyl (C=O) groups excluding carboxylic acids is 1. The van der Waals surface area contributed by atoms with E-state index in [9.17, 15) is 4.79 Å². The van der Waals surface area contributed by atoms with Crippen molar-refractivity contribution < 1.29 is 4.79 Å². The summed E-state index contributed by atoms with van der Waals surface area (Å²) in [7, 11) is 0. The van der Waals surface area contributed by atoms with Crippen LogP contribution in [0.5, 0.6) is 0 Å². The molecule has 33 heavy (non-hydrogen) atoms. The van der Waals surface area contributed by atoms with Crippen LogP contribution in [0.3, 0.4) is 0 Å². The van der Waals surface area contributed by atoms with Gasteiger partial charge in [-0.15, -0.1) is 0 Å². The quantitative estimate of drug-likeness (QED) is 0.174. The maximum absolute atomic E-state index is 13.4. The molecule has 1 atom stereocenters. The van der Waals surface area contributed by atoms with Crippen LogP contribution in [0.1, 0.15) is 17.0 Å². The molecule has 0 aliphatic rings. The van der Waals surface area contributed by atoms with E-state index >= 15 is 0 Å². The lowest BCUT2D eigenvalue weighted by atomic mass is 9.90. The Balaban J connectivity index is 1.82. The average molecular weight is 562 g/mol. The molecule has 0 bridgehead atoms. The van der Waals surface area contributed by atoms with Gasteiger partial charge >= 0.3 is 0 Å². The summed E-state index contributed by atoms with van der Waals surface area (Å²) in [5.41, 5.74) is 1.96. The predicted octanol–water partition coefficient (Wildman–Crippen LogP) is 6.92. The van der Waals surface area contributed by atoms with Crippen LogP contribution < -0.4 is 16.0 Å². The minimum atomic E-state index is -1.93. The molecule has 3 N–H and O–H groups in total. The first-order chi connectivity index (χ1) is 15.7. The zero-order chi connectivity index (χ0) is 24.0. The van der Waals surface area contributed by atoms with Crippen LogP contribution in [-0.4, -0.2) is 21.0 Å². The summed E-state index contributed by atoms with van der Waals surface area (Å²) >= 11 is 36.2. The molecule has 0 saturated heterocycles. The number of anilines is 1. The van der Waals surface area contributed by atoms with E-state index in [1.165, 1.54) is 0 Å². The molecule has 0 aliphatic heterocycles. The van der Waals surface area contributed by atoms with Crippen molar-refractivity contribution in [3.8, 4) is 0 Å². The van der Waals surface area contributed by atoms with Gasteiger partial charge in [0.05, 0.1) is 21.7 Å². The minimum Gasteiger partial charge on any atom is -0.339 e. The van der Waals surface area contributed by atoms with Crippen molar-refractivity contribution in [1.29, 1.82) is 0 Å². The van der Waals surface area contributed by atoms with Gasteiger partial charge in [-0.1, -0.05) is 125 Å². The van der Waals surface area contributed by atoms with E-state index < -0.39 is 15.9 Å². The second kappa shape index (κ2) is 11.6. The van der Waals surface area contributed by atoms with E-state index in [-0.39, 0.29) is 11.0 Å². The molecule has 0 unspecified atom stereocenters. The number of rotatable bonds is 6. The highest BCUT2D eigenvalue weighted by atomic mass is 35.6. The molecule has 1 amide bonds. The number of alkyl halides is 3. The highest BCUT2D eigenvalue weighted by Crippen LogP contribution is 2.32. The highest BCUT2D eigenvalue weighted by molar-refractivity contribution is 7.80. The first-order valence-corrected chi connectivity index (χ1v) is 11.9. The molecule has 0 spiro atoms. The van der Waals surface area contributed by atoms with E-state index in [0.29, 0.717) is 15.7 Å². The van der Waals surface area contributed by atoms with Gasteiger partial charge in [0.15, 0.2) is 5.11 Å². The minimum absolute atomic E-state index is 0.0533. The fourth-order valence-corrected chi connectivity index (χ4v) is 4.15. The van der Waals surface area contributed by atoms with Gasteiger partial charge in [0.25, 0.3) is 0 Å². The molecule has 0 saturated carbocycles. The molecule has 0 fully saturated rings. The Morgan fingerprint density at radius 2 is 1.24 bits per heavy atom. The third-order valence-electron chi connectivity index (χ3n) is 4.62. The lowest BCUT2D eigenvalue weighted by molar-refractivity contribution is -0.122. The Labute approximate surface area is 222 Å². The van der Waals surface area contributed by atoms with Crippen LogP contribution in [0, 0.1) is 0 Å². The van der Waals surface area contributed by atoms with Crippen molar-refractivity contribution in [3.63, 3.8) is 0 Å². The molecule has 0 aromatic heterocycles. The number of nitrogens with one attached hydrogen (secondary N) is 3. The fourth-order valence-electron chi connectivity index (χ4n) is 3.11. The van der Waals surface area contributed by atoms with E-state index in [0.717, 1.165) is 11.1 Å². The number of amides is 1. The Morgan fingerprint density at radius 1 is 0.758 bits per heavy atom. The van der Waals surface area contributed by atoms with Gasteiger partial charge in [-0.2, -0.15) is 0 Å². The maximum atomic E-state index is 13.4. The van der Waals surface area contributed by atoms with Crippen LogP contribution in [0.25, 0.3) is 0 Å². The topological polar surface area (TPSA) is 53.2 Å². The maximum Gasteiger partial charge on any atom is 0.233 e. The second-order valence-corrected chi connectivity index (χ2v) is 10.5. The Hall–Kier alpha value is -1.73. The van der Waals surface area contributed by atoms with Crippen LogP contribution in [0.2, 0.25) is 10.0 Å². The second-order valence-electron chi connectivity index (χ2n) is 6.93. The lowest BCUT2D eigenvalue weighted by Gasteiger charge is -2.30. The first kappa shape index (κ1) is 25.9. The number of para-hydroxylation sites is 1. The van der Waals surface area contributed by atoms with Crippen molar-refractivity contribution in [2.45, 2.75) is 15.9 Å². The van der Waals surface area contributed by atoms with Gasteiger partial charge in [-0.3, -0.25) is 4.79 Å². The van der Waals surface area contributed by atoms with Crippen LogP contribution in [-0.2, 0) is 4.79 Å². The normalized spacial score (nSPS) is 12.2. The summed E-state index contributed by atoms with van der Waals surface area (Å²) in [4.78, 5) is 13.4. The molecule has 10 heteroatoms. The van der Waals surface area contributed by atoms with Gasteiger partial charge in [0.1, 0.15) is 6.17 Å². The summed E-state index contributed by atoms with van der Waals surface area (Å²) in [6.45, 7) is 0. The number of thiocarbonyl (C=S) groups is 1. The Kier molecular flexibility index (Phi) is 9.10. The fraction of sp³-hybridized carbons (Fsp3) is 0.130. The molecule has 3 aromatic rings. The zero-order valence-electron chi connectivity index (χ0n) is 16.9. The number of benzene rings is 3. The largest absolute Gasteiger partial charge is 0.339 e. The molecular formula is C23H18Cl5N3OS. The van der Waals surface area contributed by atoms with Crippen LogP contribution in [0.4, 0.5) is 5.69 Å². The van der Waals surface area contributed by atoms with Gasteiger partial charge in [-0.05, 0) is 35.5 Å². The van der Waals surface area contributed by atoms with E-state index in [1.807, 2.05) is 60.7 Å². The summed E-state index contributed by atoms with van der Waals surface area (Å²) in [6, 6.07) is 23.6. The SMILES string of the molecule is O=C(N[C@@H](NC(=S)Nc1c(Cl)cccc1Cl)C(Cl)(Cl)Cl)C(c1ccccc1)c1ccccc1. The molecule has 3 rings (SSSR count). The summed E-state index contributed by atoms with van der Waals surface area (Å²) in [5.74, 6) is -1.02. The highest BCUT2D eigenvalue weighted by Gasteiger charge is 2.36. The standard InChI is InChI=1S/C23H18Cl5N3OS/c24-16-12-7-13-17(25)19(16)29-22(33)31-21(23(26,27)28)30-20(32)18(14-8-3-1-4-9-14)15-10-5-2-6-11-15/h1-13,18,21H,(H,30,32)(H2,29,31,33)/t21-/m0/s1. The van der Waals surface area contributed by atoms with Gasteiger partial charge in [-0.25, -0.2) is 0 Å². The number of carbonyl (C=O) groups is 1. The van der Waals surface area contributed by atoms with Crippen molar-refractivity contribution in [2.24, 2.45) is 0 Å². The predicted molar refractivity (Wildman–Crippen MR) is 143 cm³/mol. The number of halogens is 5. The third kappa shape index (κ3) is 7.12. The van der Waals surface area contributed by atoms with E-state index in [1.54, 1.807) is 18.2 Å². The van der Waals surface area contributed by atoms with Crippen molar-refractivity contribution in [3.05, 3.63) is 100 Å². The average Bonchev–Trinajstić information content (AvgIpc) is 2.77. The number of hydrogen-bond donors (Lipinski definition) is 3. The van der Waals surface area contributed by atoms with Crippen molar-refractivity contribution in [1.82, 2.24) is 10.6 Å². The molecule has 0 aliphatic carbocycles. The van der Waals surface area contributed by atoms with Crippen LogP contribution in [0.15, 0.2) is 78.9 Å². The van der Waals surface area contributed by atoms with Crippen molar-refractivity contribution >= 4 is 86.9 Å². The summed E-state index contributed by atoms with van der Waals surface area (Å²) < 4.78 is -1.93.